The number of phenols is 1. The lowest BCUT2D eigenvalue weighted by atomic mass is 9.89. The summed E-state index contributed by atoms with van der Waals surface area (Å²) in [4.78, 5) is 28.1. The molecule has 6 nitrogen and oxygen atoms in total. The van der Waals surface area contributed by atoms with E-state index in [1.807, 2.05) is 130 Å². The first-order chi connectivity index (χ1) is 20.8. The standard InChI is InChI=1S/C15H22O2.C14H21NO2.C10H14O/c1-6-14(2,3)13(16)17-15(4,5)12-10-8-7-9-11-12;1-6-13(2,3)12(16)17-14(4,5)11-7-9-15-10-8-11;1-3-8(2)9-5-4-6-10(11)7-9/h7-11H,6H2,1-5H3;7-10H,6H2,1-5H3;4-8,11H,3H2,1-2H3. The maximum atomic E-state index is 12.1. The molecule has 3 aromatic rings. The molecular formula is C39H57NO5. The van der Waals surface area contributed by atoms with Gasteiger partial charge in [-0.25, -0.2) is 0 Å². The van der Waals surface area contributed by atoms with E-state index in [9.17, 15) is 9.59 Å². The van der Waals surface area contributed by atoms with Gasteiger partial charge in [0, 0.05) is 12.4 Å². The highest BCUT2D eigenvalue weighted by atomic mass is 16.6. The first kappa shape index (κ1) is 39.4. The van der Waals surface area contributed by atoms with E-state index in [4.69, 9.17) is 14.6 Å². The molecule has 1 heterocycles. The Morgan fingerprint density at radius 1 is 0.689 bits per heavy atom. The summed E-state index contributed by atoms with van der Waals surface area (Å²) in [6.45, 7) is 23.6. The summed E-state index contributed by atoms with van der Waals surface area (Å²) in [6.07, 6.45) is 6.06. The highest BCUT2D eigenvalue weighted by Crippen LogP contribution is 2.31. The van der Waals surface area contributed by atoms with E-state index in [1.54, 1.807) is 18.5 Å². The van der Waals surface area contributed by atoms with Gasteiger partial charge in [0.2, 0.25) is 0 Å². The van der Waals surface area contributed by atoms with Gasteiger partial charge in [-0.05, 0) is 122 Å². The average Bonchev–Trinajstić information content (AvgIpc) is 3.01. The Balaban J connectivity index is 0.000000346. The van der Waals surface area contributed by atoms with Crippen LogP contribution in [0, 0.1) is 10.8 Å². The first-order valence-corrected chi connectivity index (χ1v) is 16.0. The zero-order chi connectivity index (χ0) is 34.5. The van der Waals surface area contributed by atoms with Gasteiger partial charge in [-0.15, -0.1) is 0 Å². The number of pyridine rings is 1. The van der Waals surface area contributed by atoms with Gasteiger partial charge in [-0.2, -0.15) is 0 Å². The van der Waals surface area contributed by atoms with Crippen molar-refractivity contribution >= 4 is 11.9 Å². The van der Waals surface area contributed by atoms with Crippen LogP contribution in [0.5, 0.6) is 5.75 Å². The van der Waals surface area contributed by atoms with E-state index in [2.05, 4.69) is 18.8 Å². The molecule has 1 N–H and O–H groups in total. The lowest BCUT2D eigenvalue weighted by molar-refractivity contribution is -0.169. The minimum absolute atomic E-state index is 0.145. The number of ether oxygens (including phenoxy) is 2. The van der Waals surface area contributed by atoms with Gasteiger partial charge >= 0.3 is 11.9 Å². The monoisotopic (exact) mass is 619 g/mol. The molecule has 0 aliphatic carbocycles. The van der Waals surface area contributed by atoms with Gasteiger partial charge < -0.3 is 14.6 Å². The van der Waals surface area contributed by atoms with Crippen molar-refractivity contribution in [1.82, 2.24) is 4.98 Å². The van der Waals surface area contributed by atoms with Crippen molar-refractivity contribution in [3.63, 3.8) is 0 Å². The summed E-state index contributed by atoms with van der Waals surface area (Å²) < 4.78 is 11.3. The molecule has 0 amide bonds. The Kier molecular flexibility index (Phi) is 15.0. The van der Waals surface area contributed by atoms with Crippen molar-refractivity contribution in [2.75, 3.05) is 0 Å². The predicted octanol–water partition coefficient (Wildman–Crippen LogP) is 10.1. The van der Waals surface area contributed by atoms with Crippen molar-refractivity contribution in [3.05, 3.63) is 95.8 Å². The molecule has 2 aromatic carbocycles. The van der Waals surface area contributed by atoms with Crippen LogP contribution in [0.15, 0.2) is 79.1 Å². The number of rotatable bonds is 10. The Morgan fingerprint density at radius 2 is 1.13 bits per heavy atom. The number of carbonyl (C=O) groups is 2. The Bertz CT molecular complexity index is 1240. The molecule has 1 aromatic heterocycles. The largest absolute Gasteiger partial charge is 0.508 e. The lowest BCUT2D eigenvalue weighted by Gasteiger charge is -2.30. The zero-order valence-corrected chi connectivity index (χ0v) is 29.7. The molecule has 0 saturated heterocycles. The molecule has 1 unspecified atom stereocenters. The third-order valence-corrected chi connectivity index (χ3v) is 8.46. The highest BCUT2D eigenvalue weighted by molar-refractivity contribution is 5.76. The van der Waals surface area contributed by atoms with Crippen molar-refractivity contribution < 1.29 is 24.2 Å². The molecule has 0 bridgehead atoms. The molecule has 0 fully saturated rings. The van der Waals surface area contributed by atoms with E-state index in [0.717, 1.165) is 30.4 Å². The molecule has 0 saturated carbocycles. The molecule has 45 heavy (non-hydrogen) atoms. The predicted molar refractivity (Wildman–Crippen MR) is 184 cm³/mol. The number of phenolic OH excluding ortho intramolecular Hbond substituents is 1. The third kappa shape index (κ3) is 12.7. The van der Waals surface area contributed by atoms with Gasteiger partial charge in [0.1, 0.15) is 17.0 Å². The maximum absolute atomic E-state index is 12.1. The Hall–Kier alpha value is -3.67. The van der Waals surface area contributed by atoms with Gasteiger partial charge in [-0.3, -0.25) is 14.6 Å². The quantitative estimate of drug-likeness (QED) is 0.227. The van der Waals surface area contributed by atoms with Crippen LogP contribution in [0.3, 0.4) is 0 Å². The summed E-state index contributed by atoms with van der Waals surface area (Å²) in [5.41, 5.74) is 1.12. The zero-order valence-electron chi connectivity index (χ0n) is 29.7. The van der Waals surface area contributed by atoms with Crippen molar-refractivity contribution in [1.29, 1.82) is 0 Å². The van der Waals surface area contributed by atoms with Crippen LogP contribution in [0.1, 0.15) is 125 Å². The number of esters is 2. The summed E-state index contributed by atoms with van der Waals surface area (Å²) in [5.74, 6) is 0.598. The number of carbonyl (C=O) groups excluding carboxylic acids is 2. The number of aromatic nitrogens is 1. The molecule has 3 rings (SSSR count). The fourth-order valence-electron chi connectivity index (χ4n) is 3.81. The van der Waals surface area contributed by atoms with Crippen molar-refractivity contribution in [2.45, 2.75) is 119 Å². The Morgan fingerprint density at radius 3 is 1.53 bits per heavy atom. The second kappa shape index (κ2) is 17.1. The molecule has 0 radical (unpaired) electrons. The van der Waals surface area contributed by atoms with E-state index in [-0.39, 0.29) is 11.9 Å². The molecule has 0 spiro atoms. The van der Waals surface area contributed by atoms with Crippen LogP contribution < -0.4 is 0 Å². The van der Waals surface area contributed by atoms with Crippen molar-refractivity contribution in [3.8, 4) is 5.75 Å². The van der Waals surface area contributed by atoms with Crippen LogP contribution in [-0.2, 0) is 30.3 Å². The first-order valence-electron chi connectivity index (χ1n) is 16.0. The molecule has 248 valence electrons. The SMILES string of the molecule is CCC(C)(C)C(=O)OC(C)(C)c1ccccc1.CCC(C)(C)C(=O)OC(C)(C)c1ccncc1.CCC(C)c1cccc(O)c1. The van der Waals surface area contributed by atoms with Crippen LogP contribution >= 0.6 is 0 Å². The summed E-state index contributed by atoms with van der Waals surface area (Å²) in [7, 11) is 0. The number of benzene rings is 2. The summed E-state index contributed by atoms with van der Waals surface area (Å²) >= 11 is 0. The minimum Gasteiger partial charge on any atom is -0.508 e. The molecular weight excluding hydrogens is 562 g/mol. The number of nitrogens with zero attached hydrogens (tertiary/aromatic N) is 1. The van der Waals surface area contributed by atoms with Crippen molar-refractivity contribution in [2.24, 2.45) is 10.8 Å². The molecule has 6 heteroatoms. The number of hydrogen-bond donors (Lipinski definition) is 1. The van der Waals surface area contributed by atoms with E-state index in [0.29, 0.717) is 11.7 Å². The van der Waals surface area contributed by atoms with E-state index in [1.165, 1.54) is 5.56 Å². The maximum Gasteiger partial charge on any atom is 0.312 e. The lowest BCUT2D eigenvalue weighted by Crippen LogP contribution is -2.33. The highest BCUT2D eigenvalue weighted by Gasteiger charge is 2.34. The molecule has 0 aliphatic heterocycles. The molecule has 0 aliphatic rings. The van der Waals surface area contributed by atoms with Crippen LogP contribution in [0.2, 0.25) is 0 Å². The van der Waals surface area contributed by atoms with E-state index >= 15 is 0 Å². The molecule has 1 atom stereocenters. The van der Waals surface area contributed by atoms with E-state index < -0.39 is 22.0 Å². The normalized spacial score (nSPS) is 12.4. The second-order valence-electron chi connectivity index (χ2n) is 13.8. The van der Waals surface area contributed by atoms with Crippen LogP contribution in [0.4, 0.5) is 0 Å². The van der Waals surface area contributed by atoms with Gasteiger partial charge in [0.15, 0.2) is 0 Å². The Labute approximate surface area is 272 Å². The summed E-state index contributed by atoms with van der Waals surface area (Å²) in [5, 5.41) is 9.16. The fourth-order valence-corrected chi connectivity index (χ4v) is 3.81. The summed E-state index contributed by atoms with van der Waals surface area (Å²) in [6, 6.07) is 21.0. The number of hydrogen-bond acceptors (Lipinski definition) is 6. The fraction of sp³-hybridized carbons (Fsp3) is 0.513. The van der Waals surface area contributed by atoms with Gasteiger partial charge in [-0.1, -0.05) is 70.2 Å². The van der Waals surface area contributed by atoms with Crippen LogP contribution in [0.25, 0.3) is 0 Å². The smallest absolute Gasteiger partial charge is 0.312 e. The number of aromatic hydroxyl groups is 1. The minimum atomic E-state index is -0.619. The van der Waals surface area contributed by atoms with Crippen LogP contribution in [-0.4, -0.2) is 22.0 Å². The van der Waals surface area contributed by atoms with Gasteiger partial charge in [0.05, 0.1) is 10.8 Å². The second-order valence-corrected chi connectivity index (χ2v) is 13.8. The third-order valence-electron chi connectivity index (χ3n) is 8.46. The average molecular weight is 620 g/mol. The van der Waals surface area contributed by atoms with Gasteiger partial charge in [0.25, 0.3) is 0 Å². The topological polar surface area (TPSA) is 85.7 Å².